The van der Waals surface area contributed by atoms with Gasteiger partial charge in [-0.05, 0) is 0 Å². The van der Waals surface area contributed by atoms with E-state index in [1.807, 2.05) is 0 Å². The summed E-state index contributed by atoms with van der Waals surface area (Å²) in [5.41, 5.74) is 6.88. The molecule has 2 unspecified atom stereocenters. The Labute approximate surface area is 239 Å². The predicted octanol–water partition coefficient (Wildman–Crippen LogP) is -12.5. The van der Waals surface area contributed by atoms with Crippen molar-refractivity contribution in [1.82, 2.24) is 0 Å². The Hall–Kier alpha value is 3.04. The molecule has 0 aliphatic heterocycles. The zero-order valence-electron chi connectivity index (χ0n) is 14.4. The van der Waals surface area contributed by atoms with Crippen molar-refractivity contribution in [3.63, 3.8) is 0 Å². The van der Waals surface area contributed by atoms with Gasteiger partial charge in [0.1, 0.15) is 0 Å². The molecule has 144 valence electrons. The zero-order chi connectivity index (χ0) is 13.9. The average molecular weight is 767 g/mol. The Morgan fingerprint density at radius 3 is 1.19 bits per heavy atom. The Balaban J connectivity index is -0.000000151. The second-order valence-electron chi connectivity index (χ2n) is 6.19. The molecule has 0 saturated carbocycles. The fourth-order valence-electron chi connectivity index (χ4n) is 3.65. The SMILES string of the molecule is [Br-].[Br-].[Br-].[Cl-].[Cl-].[Cl-].[Zr+3][CH]1C=CC2=C1CCCC2.[Zr+3][CH]1C=CC2=C1CCCC2. The van der Waals surface area contributed by atoms with Crippen molar-refractivity contribution >= 4 is 0 Å². The summed E-state index contributed by atoms with van der Waals surface area (Å²) in [5, 5.41) is 0. The molecule has 0 amide bonds. The number of hydrogen-bond donors (Lipinski definition) is 0. The van der Waals surface area contributed by atoms with E-state index in [9.17, 15) is 0 Å². The molecule has 0 bridgehead atoms. The fraction of sp³-hybridized carbons (Fsp3) is 0.556. The van der Waals surface area contributed by atoms with E-state index in [4.69, 9.17) is 0 Å². The van der Waals surface area contributed by atoms with Crippen LogP contribution in [0.2, 0.25) is 7.25 Å². The van der Waals surface area contributed by atoms with E-state index in [1.54, 1.807) is 71.7 Å². The third kappa shape index (κ3) is 9.90. The van der Waals surface area contributed by atoms with Gasteiger partial charge < -0.3 is 88.2 Å². The third-order valence-corrected chi connectivity index (χ3v) is 7.50. The van der Waals surface area contributed by atoms with Crippen molar-refractivity contribution in [3.05, 3.63) is 46.6 Å². The molecule has 0 spiro atoms. The minimum absolute atomic E-state index is 0. The van der Waals surface area contributed by atoms with Crippen molar-refractivity contribution in [3.8, 4) is 0 Å². The number of halogens is 6. The van der Waals surface area contributed by atoms with Crippen LogP contribution in [-0.2, 0) is 49.4 Å². The van der Waals surface area contributed by atoms with E-state index in [0.29, 0.717) is 0 Å². The molecule has 0 fully saturated rings. The van der Waals surface area contributed by atoms with Crippen LogP contribution in [0.1, 0.15) is 51.4 Å². The van der Waals surface area contributed by atoms with Crippen LogP contribution in [0.15, 0.2) is 46.6 Å². The molecule has 0 aromatic carbocycles. The van der Waals surface area contributed by atoms with Crippen LogP contribution in [0.5, 0.6) is 0 Å². The number of hydrogen-bond acceptors (Lipinski definition) is 0. The molecule has 0 nitrogen and oxygen atoms in total. The standard InChI is InChI=1S/2C9H11.3BrH.3ClH.2Zr/c2*1-2-5-9-7-3-6-8(9)4-1;;;;;;;;/h2*3,6-7H,1-2,4-5H2;6*1H;;/q;;;;;;;;2*+3/p-6. The topological polar surface area (TPSA) is 0 Å². The second-order valence-corrected chi connectivity index (χ2v) is 9.25. The molecule has 8 heteroatoms. The summed E-state index contributed by atoms with van der Waals surface area (Å²) in [7, 11) is 0. The van der Waals surface area contributed by atoms with Gasteiger partial charge >= 0.3 is 155 Å². The summed E-state index contributed by atoms with van der Waals surface area (Å²) in [6.45, 7) is 0. The predicted molar refractivity (Wildman–Crippen MR) is 76.8 cm³/mol. The van der Waals surface area contributed by atoms with Crippen LogP contribution < -0.4 is 88.2 Å². The Kier molecular flexibility index (Phi) is 26.3. The van der Waals surface area contributed by atoms with Crippen molar-refractivity contribution in [2.75, 3.05) is 0 Å². The van der Waals surface area contributed by atoms with Gasteiger partial charge in [-0.15, -0.1) is 0 Å². The summed E-state index contributed by atoms with van der Waals surface area (Å²) in [4.78, 5) is 0. The quantitative estimate of drug-likeness (QED) is 0.230. The summed E-state index contributed by atoms with van der Waals surface area (Å²) in [6, 6.07) is 0. The summed E-state index contributed by atoms with van der Waals surface area (Å²) in [5.74, 6) is 0. The average Bonchev–Trinajstić information content (AvgIpc) is 3.05. The molecule has 26 heavy (non-hydrogen) atoms. The zero-order valence-corrected chi connectivity index (χ0v) is 26.3. The van der Waals surface area contributed by atoms with Gasteiger partial charge in [0.15, 0.2) is 0 Å². The molecule has 0 radical (unpaired) electrons. The summed E-state index contributed by atoms with van der Waals surface area (Å²) in [6.07, 6.45) is 20.7. The Morgan fingerprint density at radius 1 is 0.577 bits per heavy atom. The maximum atomic E-state index is 2.38. The molecular weight excluding hydrogens is 745 g/mol. The molecule has 4 aliphatic carbocycles. The van der Waals surface area contributed by atoms with Gasteiger partial charge in [-0.3, -0.25) is 0 Å². The van der Waals surface area contributed by atoms with Gasteiger partial charge in [-0.2, -0.15) is 0 Å². The second kappa shape index (κ2) is 18.8. The van der Waals surface area contributed by atoms with Gasteiger partial charge in [-0.1, -0.05) is 0 Å². The van der Waals surface area contributed by atoms with Crippen LogP contribution in [0.4, 0.5) is 0 Å². The molecule has 0 N–H and O–H groups in total. The van der Waals surface area contributed by atoms with Crippen LogP contribution >= 0.6 is 0 Å². The Morgan fingerprint density at radius 2 is 0.885 bits per heavy atom. The molecular formula is C18H22Br3Cl3Zr2. The molecule has 0 aromatic rings. The Bertz CT molecular complexity index is 474. The van der Waals surface area contributed by atoms with Crippen molar-refractivity contribution in [1.29, 1.82) is 0 Å². The number of allylic oxidation sites excluding steroid dienone is 8. The van der Waals surface area contributed by atoms with E-state index < -0.39 is 0 Å². The van der Waals surface area contributed by atoms with Crippen LogP contribution in [0.25, 0.3) is 0 Å². The summed E-state index contributed by atoms with van der Waals surface area (Å²) >= 11 is 3.35. The first-order valence-corrected chi connectivity index (χ1v) is 10.8. The molecule has 0 saturated heterocycles. The van der Waals surface area contributed by atoms with Gasteiger partial charge in [0, 0.05) is 0 Å². The number of rotatable bonds is 0. The van der Waals surface area contributed by atoms with Gasteiger partial charge in [0.2, 0.25) is 0 Å². The fourth-order valence-corrected chi connectivity index (χ4v) is 5.75. The monoisotopic (exact) mass is 760 g/mol. The van der Waals surface area contributed by atoms with E-state index >= 15 is 0 Å². The first kappa shape index (κ1) is 36.4. The van der Waals surface area contributed by atoms with Crippen molar-refractivity contribution < 1.29 is 138 Å². The molecule has 4 aliphatic rings. The summed E-state index contributed by atoms with van der Waals surface area (Å²) < 4.78 is 1.70. The normalized spacial score (nSPS) is 24.0. The van der Waals surface area contributed by atoms with Crippen molar-refractivity contribution in [2.24, 2.45) is 0 Å². The van der Waals surface area contributed by atoms with Gasteiger partial charge in [0.25, 0.3) is 0 Å². The van der Waals surface area contributed by atoms with E-state index in [1.165, 1.54) is 51.4 Å². The van der Waals surface area contributed by atoms with E-state index in [-0.39, 0.29) is 88.2 Å². The molecule has 0 heterocycles. The maximum absolute atomic E-state index is 2.38. The first-order chi connectivity index (χ1) is 9.75. The molecule has 0 aromatic heterocycles. The van der Waals surface area contributed by atoms with E-state index in [0.717, 1.165) is 7.25 Å². The molecule has 4 rings (SSSR count). The van der Waals surface area contributed by atoms with Crippen LogP contribution in [0.3, 0.4) is 0 Å². The van der Waals surface area contributed by atoms with Gasteiger partial charge in [0.05, 0.1) is 0 Å². The third-order valence-electron chi connectivity index (χ3n) is 4.84. The van der Waals surface area contributed by atoms with Crippen LogP contribution in [0, 0.1) is 0 Å². The van der Waals surface area contributed by atoms with Crippen molar-refractivity contribution in [2.45, 2.75) is 58.6 Å². The minimum atomic E-state index is 0. The van der Waals surface area contributed by atoms with Crippen LogP contribution in [-0.4, -0.2) is 0 Å². The molecule has 2 atom stereocenters. The van der Waals surface area contributed by atoms with E-state index in [2.05, 4.69) is 24.3 Å². The van der Waals surface area contributed by atoms with Gasteiger partial charge in [-0.25, -0.2) is 0 Å². The first-order valence-electron chi connectivity index (χ1n) is 7.98.